The van der Waals surface area contributed by atoms with Crippen molar-refractivity contribution in [1.82, 2.24) is 0 Å². The van der Waals surface area contributed by atoms with Crippen molar-refractivity contribution in [2.45, 2.75) is 26.1 Å². The van der Waals surface area contributed by atoms with E-state index in [9.17, 15) is 4.39 Å². The first-order chi connectivity index (χ1) is 2.77. The molecule has 1 unspecified atom stereocenters. The Morgan fingerprint density at radius 1 is 1.71 bits per heavy atom. The van der Waals surface area contributed by atoms with Crippen molar-refractivity contribution in [2.24, 2.45) is 0 Å². The molecule has 0 aromatic heterocycles. The summed E-state index contributed by atoms with van der Waals surface area (Å²) in [4.78, 5) is 0. The van der Waals surface area contributed by atoms with Gasteiger partial charge in [0, 0.05) is 6.42 Å². The standard InChI is InChI=1S/C4H9FO.Na.H/c1-2-3-4(5)6;;/h4,6H,2-3H2,1H3;;. The molecule has 0 spiro atoms. The van der Waals surface area contributed by atoms with Crippen molar-refractivity contribution in [3.8, 4) is 0 Å². The second kappa shape index (κ2) is 6.89. The van der Waals surface area contributed by atoms with E-state index in [1.165, 1.54) is 0 Å². The Kier molecular flexibility index (Phi) is 10.6. The first-order valence-electron chi connectivity index (χ1n) is 2.09. The van der Waals surface area contributed by atoms with Crippen molar-refractivity contribution in [2.75, 3.05) is 0 Å². The summed E-state index contributed by atoms with van der Waals surface area (Å²) in [6.45, 7) is 1.82. The molecule has 0 saturated carbocycles. The molecule has 1 N–H and O–H groups in total. The SMILES string of the molecule is CCCC(O)F.[NaH]. The molecule has 0 aliphatic rings. The summed E-state index contributed by atoms with van der Waals surface area (Å²) in [5.41, 5.74) is 0. The van der Waals surface area contributed by atoms with Crippen molar-refractivity contribution in [3.05, 3.63) is 0 Å². The van der Waals surface area contributed by atoms with Gasteiger partial charge in [-0.05, 0) is 0 Å². The first-order valence-corrected chi connectivity index (χ1v) is 2.09. The molecule has 40 valence electrons. The molecule has 1 atom stereocenters. The van der Waals surface area contributed by atoms with Crippen LogP contribution in [0.3, 0.4) is 0 Å². The van der Waals surface area contributed by atoms with Crippen LogP contribution in [-0.2, 0) is 0 Å². The summed E-state index contributed by atoms with van der Waals surface area (Å²) in [5.74, 6) is 0. The van der Waals surface area contributed by atoms with Crippen LogP contribution in [0, 0.1) is 0 Å². The first kappa shape index (κ1) is 10.8. The van der Waals surface area contributed by atoms with Gasteiger partial charge in [0.1, 0.15) is 0 Å². The molecule has 0 radical (unpaired) electrons. The average Bonchev–Trinajstić information content (AvgIpc) is 1.35. The summed E-state index contributed by atoms with van der Waals surface area (Å²) in [6.07, 6.45) is -0.632. The molecule has 0 aromatic carbocycles. The summed E-state index contributed by atoms with van der Waals surface area (Å²) >= 11 is 0. The Morgan fingerprint density at radius 2 is 2.14 bits per heavy atom. The average molecular weight is 116 g/mol. The molecular formula is C4H10FNaO. The van der Waals surface area contributed by atoms with Gasteiger partial charge < -0.3 is 5.11 Å². The Bertz CT molecular complexity index is 32.9. The van der Waals surface area contributed by atoms with Crippen LogP contribution in [0.25, 0.3) is 0 Å². The number of halogens is 1. The predicted octanol–water partition coefficient (Wildman–Crippen LogP) is 0.426. The number of alkyl halides is 1. The van der Waals surface area contributed by atoms with Crippen LogP contribution in [-0.4, -0.2) is 41.0 Å². The van der Waals surface area contributed by atoms with E-state index in [1.54, 1.807) is 0 Å². The fraction of sp³-hybridized carbons (Fsp3) is 1.00. The van der Waals surface area contributed by atoms with Crippen LogP contribution in [0.5, 0.6) is 0 Å². The summed E-state index contributed by atoms with van der Waals surface area (Å²) in [7, 11) is 0. The molecule has 0 aromatic rings. The Balaban J connectivity index is 0. The van der Waals surface area contributed by atoms with Gasteiger partial charge in [-0.25, -0.2) is 4.39 Å². The molecule has 0 saturated heterocycles. The normalized spacial score (nSPS) is 12.4. The third kappa shape index (κ3) is 10.9. The van der Waals surface area contributed by atoms with E-state index in [4.69, 9.17) is 5.11 Å². The minimum absolute atomic E-state index is 0. The van der Waals surface area contributed by atoms with Gasteiger partial charge in [-0.15, -0.1) is 0 Å². The van der Waals surface area contributed by atoms with E-state index in [-0.39, 0.29) is 36.0 Å². The summed E-state index contributed by atoms with van der Waals surface area (Å²) in [6, 6.07) is 0. The van der Waals surface area contributed by atoms with Gasteiger partial charge in [0.2, 0.25) is 0 Å². The third-order valence-electron chi connectivity index (χ3n) is 0.527. The van der Waals surface area contributed by atoms with Gasteiger partial charge in [-0.3, -0.25) is 0 Å². The van der Waals surface area contributed by atoms with E-state index in [1.807, 2.05) is 6.92 Å². The molecule has 7 heavy (non-hydrogen) atoms. The van der Waals surface area contributed by atoms with E-state index in [2.05, 4.69) is 0 Å². The van der Waals surface area contributed by atoms with Gasteiger partial charge in [-0.2, -0.15) is 0 Å². The molecule has 3 heteroatoms. The molecule has 0 aliphatic carbocycles. The molecule has 1 nitrogen and oxygen atoms in total. The van der Waals surface area contributed by atoms with Gasteiger partial charge in [0.15, 0.2) is 6.36 Å². The minimum atomic E-state index is -1.60. The van der Waals surface area contributed by atoms with Crippen LogP contribution in [0.4, 0.5) is 4.39 Å². The molecule has 0 bridgehead atoms. The molecule has 0 rings (SSSR count). The zero-order chi connectivity index (χ0) is 4.99. The molecule has 0 aliphatic heterocycles. The number of aliphatic hydroxyl groups is 1. The fourth-order valence-corrected chi connectivity index (χ4v) is 0.238. The Labute approximate surface area is 65.2 Å². The maximum absolute atomic E-state index is 11.3. The van der Waals surface area contributed by atoms with Gasteiger partial charge >= 0.3 is 29.6 Å². The zero-order valence-electron chi connectivity index (χ0n) is 3.82. The topological polar surface area (TPSA) is 20.2 Å². The van der Waals surface area contributed by atoms with E-state index >= 15 is 0 Å². The number of hydrogen-bond acceptors (Lipinski definition) is 1. The van der Waals surface area contributed by atoms with E-state index < -0.39 is 6.36 Å². The zero-order valence-corrected chi connectivity index (χ0v) is 3.82. The maximum atomic E-state index is 11.3. The Morgan fingerprint density at radius 3 is 2.14 bits per heavy atom. The Hall–Kier alpha value is 0.890. The van der Waals surface area contributed by atoms with Crippen molar-refractivity contribution in [3.63, 3.8) is 0 Å². The predicted molar refractivity (Wildman–Crippen MR) is 29.2 cm³/mol. The van der Waals surface area contributed by atoms with Crippen LogP contribution in [0.1, 0.15) is 19.8 Å². The number of hydrogen-bond donors (Lipinski definition) is 1. The molecule has 0 heterocycles. The van der Waals surface area contributed by atoms with Crippen LogP contribution in [0.2, 0.25) is 0 Å². The molecule has 0 amide bonds. The number of aliphatic hydroxyl groups excluding tert-OH is 1. The quantitative estimate of drug-likeness (QED) is 0.518. The van der Waals surface area contributed by atoms with Crippen molar-refractivity contribution >= 4 is 29.6 Å². The number of rotatable bonds is 2. The van der Waals surface area contributed by atoms with E-state index in [0.29, 0.717) is 6.42 Å². The molecule has 0 fully saturated rings. The second-order valence-electron chi connectivity index (χ2n) is 1.22. The fourth-order valence-electron chi connectivity index (χ4n) is 0.238. The van der Waals surface area contributed by atoms with Crippen LogP contribution in [0.15, 0.2) is 0 Å². The van der Waals surface area contributed by atoms with Gasteiger partial charge in [0.05, 0.1) is 0 Å². The third-order valence-corrected chi connectivity index (χ3v) is 0.527. The monoisotopic (exact) mass is 116 g/mol. The summed E-state index contributed by atoms with van der Waals surface area (Å²) < 4.78 is 11.3. The van der Waals surface area contributed by atoms with Crippen LogP contribution >= 0.6 is 0 Å². The van der Waals surface area contributed by atoms with Crippen molar-refractivity contribution in [1.29, 1.82) is 0 Å². The van der Waals surface area contributed by atoms with Gasteiger partial charge in [0.25, 0.3) is 0 Å². The second-order valence-corrected chi connectivity index (χ2v) is 1.22. The molecular weight excluding hydrogens is 106 g/mol. The summed E-state index contributed by atoms with van der Waals surface area (Å²) in [5, 5.41) is 7.89. The van der Waals surface area contributed by atoms with Crippen molar-refractivity contribution < 1.29 is 9.50 Å². The van der Waals surface area contributed by atoms with Crippen LogP contribution < -0.4 is 0 Å². The van der Waals surface area contributed by atoms with E-state index in [0.717, 1.165) is 0 Å². The van der Waals surface area contributed by atoms with Gasteiger partial charge in [-0.1, -0.05) is 13.3 Å².